The number of hydrogen-bond acceptors (Lipinski definition) is 3. The number of amides is 1. The van der Waals surface area contributed by atoms with Gasteiger partial charge in [-0.3, -0.25) is 4.79 Å². The van der Waals surface area contributed by atoms with Crippen molar-refractivity contribution < 1.29 is 9.21 Å². The number of carbonyl (C=O) groups excluding carboxylic acids is 1. The van der Waals surface area contributed by atoms with Gasteiger partial charge in [0, 0.05) is 16.1 Å². The minimum atomic E-state index is -0.279. The summed E-state index contributed by atoms with van der Waals surface area (Å²) in [5.41, 5.74) is 3.94. The average molecular weight is 375 g/mol. The second-order valence-corrected chi connectivity index (χ2v) is 6.41. The number of halogens is 1. The summed E-state index contributed by atoms with van der Waals surface area (Å²) in [6.45, 7) is 0. The van der Waals surface area contributed by atoms with Crippen LogP contribution in [0, 0.1) is 0 Å². The fourth-order valence-corrected chi connectivity index (χ4v) is 2.96. The SMILES string of the molecule is O=C(N/N=C\c1ccc(-c2cccc(Cl)c2)o1)c1ccc2ccccc2c1. The Morgan fingerprint density at radius 3 is 2.63 bits per heavy atom. The quantitative estimate of drug-likeness (QED) is 0.378. The van der Waals surface area contributed by atoms with Crippen LogP contribution in [0.3, 0.4) is 0 Å². The topological polar surface area (TPSA) is 54.6 Å². The number of nitrogens with one attached hydrogen (secondary N) is 1. The molecule has 0 saturated heterocycles. The van der Waals surface area contributed by atoms with Crippen LogP contribution in [0.15, 0.2) is 88.4 Å². The summed E-state index contributed by atoms with van der Waals surface area (Å²) in [5.74, 6) is 0.933. The molecule has 0 aliphatic rings. The Bertz CT molecular complexity index is 1150. The molecule has 1 N–H and O–H groups in total. The maximum Gasteiger partial charge on any atom is 0.271 e. The molecule has 0 bridgehead atoms. The van der Waals surface area contributed by atoms with E-state index in [0.717, 1.165) is 16.3 Å². The molecule has 0 radical (unpaired) electrons. The molecule has 132 valence electrons. The van der Waals surface area contributed by atoms with Crippen molar-refractivity contribution in [3.63, 3.8) is 0 Å². The van der Waals surface area contributed by atoms with Gasteiger partial charge in [0.15, 0.2) is 0 Å². The van der Waals surface area contributed by atoms with Crippen molar-refractivity contribution in [2.45, 2.75) is 0 Å². The molecule has 27 heavy (non-hydrogen) atoms. The molecule has 1 amide bonds. The van der Waals surface area contributed by atoms with E-state index in [0.29, 0.717) is 22.1 Å². The molecule has 3 aromatic carbocycles. The zero-order valence-corrected chi connectivity index (χ0v) is 15.0. The fourth-order valence-electron chi connectivity index (χ4n) is 2.77. The molecule has 1 aromatic heterocycles. The van der Waals surface area contributed by atoms with Gasteiger partial charge in [0.25, 0.3) is 5.91 Å². The van der Waals surface area contributed by atoms with Crippen LogP contribution >= 0.6 is 11.6 Å². The molecular weight excluding hydrogens is 360 g/mol. The molecule has 1 heterocycles. The summed E-state index contributed by atoms with van der Waals surface area (Å²) in [6.07, 6.45) is 1.47. The van der Waals surface area contributed by atoms with Gasteiger partial charge in [-0.15, -0.1) is 0 Å². The van der Waals surface area contributed by atoms with Crippen LogP contribution in [-0.4, -0.2) is 12.1 Å². The Morgan fingerprint density at radius 1 is 0.926 bits per heavy atom. The Kier molecular flexibility index (Phi) is 4.73. The van der Waals surface area contributed by atoms with Crippen LogP contribution < -0.4 is 5.43 Å². The van der Waals surface area contributed by atoms with Gasteiger partial charge < -0.3 is 4.42 Å². The lowest BCUT2D eigenvalue weighted by Gasteiger charge is -2.02. The van der Waals surface area contributed by atoms with Gasteiger partial charge >= 0.3 is 0 Å². The molecule has 0 spiro atoms. The van der Waals surface area contributed by atoms with Crippen molar-refractivity contribution in [3.05, 3.63) is 95.2 Å². The Labute approximate surface area is 161 Å². The van der Waals surface area contributed by atoms with Gasteiger partial charge in [-0.05, 0) is 47.2 Å². The largest absolute Gasteiger partial charge is 0.455 e. The standard InChI is InChI=1S/C22H15ClN2O2/c23-19-7-3-6-17(13-19)21-11-10-20(27-21)14-24-25-22(26)18-9-8-15-4-1-2-5-16(15)12-18/h1-14H,(H,25,26)/b24-14-. The smallest absolute Gasteiger partial charge is 0.271 e. The van der Waals surface area contributed by atoms with E-state index < -0.39 is 0 Å². The highest BCUT2D eigenvalue weighted by molar-refractivity contribution is 6.30. The van der Waals surface area contributed by atoms with E-state index >= 15 is 0 Å². The fraction of sp³-hybridized carbons (Fsp3) is 0. The summed E-state index contributed by atoms with van der Waals surface area (Å²) < 4.78 is 5.71. The lowest BCUT2D eigenvalue weighted by Crippen LogP contribution is -2.17. The molecule has 5 heteroatoms. The highest BCUT2D eigenvalue weighted by Gasteiger charge is 2.06. The van der Waals surface area contributed by atoms with Gasteiger partial charge in [0.1, 0.15) is 11.5 Å². The number of rotatable bonds is 4. The minimum Gasteiger partial charge on any atom is -0.455 e. The second kappa shape index (κ2) is 7.48. The van der Waals surface area contributed by atoms with Crippen LogP contribution in [0.2, 0.25) is 5.02 Å². The van der Waals surface area contributed by atoms with Crippen molar-refractivity contribution >= 4 is 34.5 Å². The number of hydrogen-bond donors (Lipinski definition) is 1. The van der Waals surface area contributed by atoms with Gasteiger partial charge in [0.05, 0.1) is 6.21 Å². The van der Waals surface area contributed by atoms with E-state index in [1.807, 2.05) is 60.7 Å². The number of carbonyl (C=O) groups is 1. The van der Waals surface area contributed by atoms with Crippen LogP contribution in [0.1, 0.15) is 16.1 Å². The monoisotopic (exact) mass is 374 g/mol. The maximum absolute atomic E-state index is 12.3. The summed E-state index contributed by atoms with van der Waals surface area (Å²) in [5, 5.41) is 6.71. The summed E-state index contributed by atoms with van der Waals surface area (Å²) in [6, 6.07) is 24.4. The molecule has 0 fully saturated rings. The number of benzene rings is 3. The molecule has 0 aliphatic carbocycles. The van der Waals surface area contributed by atoms with Crippen LogP contribution in [0.25, 0.3) is 22.1 Å². The van der Waals surface area contributed by atoms with Gasteiger partial charge in [-0.2, -0.15) is 5.10 Å². The third kappa shape index (κ3) is 3.91. The third-order valence-electron chi connectivity index (χ3n) is 4.11. The zero-order valence-electron chi connectivity index (χ0n) is 14.2. The Balaban J connectivity index is 1.45. The lowest BCUT2D eigenvalue weighted by atomic mass is 10.1. The number of fused-ring (bicyclic) bond motifs is 1. The summed E-state index contributed by atoms with van der Waals surface area (Å²) >= 11 is 6.00. The van der Waals surface area contributed by atoms with Crippen LogP contribution in [0.4, 0.5) is 0 Å². The van der Waals surface area contributed by atoms with Crippen molar-refractivity contribution in [1.82, 2.24) is 5.43 Å². The van der Waals surface area contributed by atoms with Crippen LogP contribution in [0.5, 0.6) is 0 Å². The van der Waals surface area contributed by atoms with Gasteiger partial charge in [-0.1, -0.05) is 54.1 Å². The molecular formula is C22H15ClN2O2. The van der Waals surface area contributed by atoms with E-state index in [4.69, 9.17) is 16.0 Å². The highest BCUT2D eigenvalue weighted by Crippen LogP contribution is 2.24. The zero-order chi connectivity index (χ0) is 18.6. The first-order chi connectivity index (χ1) is 13.2. The van der Waals surface area contributed by atoms with Crippen molar-refractivity contribution in [3.8, 4) is 11.3 Å². The molecule has 4 rings (SSSR count). The predicted molar refractivity (Wildman–Crippen MR) is 108 cm³/mol. The second-order valence-electron chi connectivity index (χ2n) is 5.97. The molecule has 0 atom stereocenters. The Hall–Kier alpha value is -3.37. The first-order valence-electron chi connectivity index (χ1n) is 8.37. The summed E-state index contributed by atoms with van der Waals surface area (Å²) in [7, 11) is 0. The van der Waals surface area contributed by atoms with E-state index in [1.54, 1.807) is 18.2 Å². The maximum atomic E-state index is 12.3. The van der Waals surface area contributed by atoms with Gasteiger partial charge in [-0.25, -0.2) is 5.43 Å². The van der Waals surface area contributed by atoms with E-state index in [9.17, 15) is 4.79 Å². The van der Waals surface area contributed by atoms with E-state index in [1.165, 1.54) is 6.21 Å². The first kappa shape index (κ1) is 17.1. The Morgan fingerprint density at radius 2 is 1.78 bits per heavy atom. The molecule has 4 aromatic rings. The highest BCUT2D eigenvalue weighted by atomic mass is 35.5. The minimum absolute atomic E-state index is 0.279. The number of nitrogens with zero attached hydrogens (tertiary/aromatic N) is 1. The lowest BCUT2D eigenvalue weighted by molar-refractivity contribution is 0.0955. The van der Waals surface area contributed by atoms with Crippen molar-refractivity contribution in [2.75, 3.05) is 0 Å². The van der Waals surface area contributed by atoms with Crippen molar-refractivity contribution in [1.29, 1.82) is 0 Å². The van der Waals surface area contributed by atoms with Crippen LogP contribution in [-0.2, 0) is 0 Å². The normalized spacial score (nSPS) is 11.1. The van der Waals surface area contributed by atoms with E-state index in [2.05, 4.69) is 10.5 Å². The van der Waals surface area contributed by atoms with Crippen molar-refractivity contribution in [2.24, 2.45) is 5.10 Å². The van der Waals surface area contributed by atoms with E-state index in [-0.39, 0.29) is 5.91 Å². The predicted octanol–water partition coefficient (Wildman–Crippen LogP) is 5.52. The molecule has 0 unspecified atom stereocenters. The molecule has 0 aliphatic heterocycles. The molecule has 4 nitrogen and oxygen atoms in total. The third-order valence-corrected chi connectivity index (χ3v) is 4.34. The average Bonchev–Trinajstić information content (AvgIpc) is 3.16. The summed E-state index contributed by atoms with van der Waals surface area (Å²) in [4.78, 5) is 12.3. The molecule has 0 saturated carbocycles. The number of furan rings is 1. The number of hydrazone groups is 1. The van der Waals surface area contributed by atoms with Gasteiger partial charge in [0.2, 0.25) is 0 Å². The first-order valence-corrected chi connectivity index (χ1v) is 8.75.